The number of hydrogen-bond acceptors (Lipinski definition) is 3. The van der Waals surface area contributed by atoms with E-state index in [0.29, 0.717) is 18.3 Å². The quantitative estimate of drug-likeness (QED) is 0.772. The van der Waals surface area contributed by atoms with Gasteiger partial charge in [-0.15, -0.1) is 0 Å². The van der Waals surface area contributed by atoms with E-state index in [1.165, 1.54) is 5.56 Å². The average Bonchev–Trinajstić information content (AvgIpc) is 3.27. The van der Waals surface area contributed by atoms with Crippen LogP contribution in [0.4, 0.5) is 0 Å². The number of H-pyrrole nitrogens is 1. The number of aryl methyl sites for hydroxylation is 1. The van der Waals surface area contributed by atoms with E-state index in [9.17, 15) is 4.79 Å². The van der Waals surface area contributed by atoms with E-state index >= 15 is 0 Å². The zero-order valence-electron chi connectivity index (χ0n) is 13.5. The van der Waals surface area contributed by atoms with E-state index in [0.717, 1.165) is 36.9 Å². The van der Waals surface area contributed by atoms with E-state index in [1.54, 1.807) is 0 Å². The summed E-state index contributed by atoms with van der Waals surface area (Å²) in [5.41, 5.74) is 3.53. The summed E-state index contributed by atoms with van der Waals surface area (Å²) in [4.78, 5) is 14.6. The standard InChI is InChI=1S/C18H23N3O2/c1-13-4-6-14(7-5-13)16-12-17(20-19-16)18(23)21(15-8-9-15)10-2-3-11-22/h4-7,12,15,22H,2-3,8-11H2,1H3,(H,19,20). The molecule has 1 aliphatic carbocycles. The predicted octanol–water partition coefficient (Wildman–Crippen LogP) is 2.76. The molecule has 0 saturated heterocycles. The zero-order valence-corrected chi connectivity index (χ0v) is 13.5. The van der Waals surface area contributed by atoms with Crippen molar-refractivity contribution >= 4 is 5.91 Å². The molecule has 122 valence electrons. The summed E-state index contributed by atoms with van der Waals surface area (Å²) >= 11 is 0. The number of unbranched alkanes of at least 4 members (excludes halogenated alkanes) is 1. The van der Waals surface area contributed by atoms with Crippen LogP contribution in [-0.4, -0.2) is 45.3 Å². The van der Waals surface area contributed by atoms with Gasteiger partial charge in [-0.2, -0.15) is 5.10 Å². The molecule has 1 saturated carbocycles. The summed E-state index contributed by atoms with van der Waals surface area (Å²) in [5.74, 6) is 0.0105. The molecule has 0 radical (unpaired) electrons. The van der Waals surface area contributed by atoms with Gasteiger partial charge in [0.2, 0.25) is 0 Å². The molecular weight excluding hydrogens is 290 g/mol. The van der Waals surface area contributed by atoms with Crippen LogP contribution in [0.2, 0.25) is 0 Å². The Bertz CT molecular complexity index is 659. The summed E-state index contributed by atoms with van der Waals surface area (Å²) in [6.07, 6.45) is 3.71. The lowest BCUT2D eigenvalue weighted by molar-refractivity contribution is 0.0731. The first-order valence-electron chi connectivity index (χ1n) is 8.23. The summed E-state index contributed by atoms with van der Waals surface area (Å²) in [5, 5.41) is 16.1. The lowest BCUT2D eigenvalue weighted by atomic mass is 10.1. The Kier molecular flexibility index (Phi) is 4.76. The van der Waals surface area contributed by atoms with Gasteiger partial charge < -0.3 is 10.0 Å². The maximum Gasteiger partial charge on any atom is 0.272 e. The number of aromatic nitrogens is 2. The molecule has 1 aromatic heterocycles. The van der Waals surface area contributed by atoms with Crippen molar-refractivity contribution in [3.63, 3.8) is 0 Å². The number of nitrogens with zero attached hydrogens (tertiary/aromatic N) is 2. The molecular formula is C18H23N3O2. The fourth-order valence-corrected chi connectivity index (χ4v) is 2.69. The Labute approximate surface area is 136 Å². The highest BCUT2D eigenvalue weighted by Gasteiger charge is 2.33. The molecule has 1 amide bonds. The highest BCUT2D eigenvalue weighted by atomic mass is 16.3. The number of hydrogen-bond donors (Lipinski definition) is 2. The van der Waals surface area contributed by atoms with E-state index in [4.69, 9.17) is 5.11 Å². The van der Waals surface area contributed by atoms with E-state index in [-0.39, 0.29) is 12.5 Å². The highest BCUT2D eigenvalue weighted by molar-refractivity contribution is 5.93. The molecule has 5 nitrogen and oxygen atoms in total. The molecule has 1 aromatic carbocycles. The van der Waals surface area contributed by atoms with Crippen LogP contribution >= 0.6 is 0 Å². The SMILES string of the molecule is Cc1ccc(-c2cc(C(=O)N(CCCCO)C3CC3)[nH]n2)cc1. The van der Waals surface area contributed by atoms with Gasteiger partial charge in [0.05, 0.1) is 5.69 Å². The van der Waals surface area contributed by atoms with E-state index in [2.05, 4.69) is 10.2 Å². The molecule has 23 heavy (non-hydrogen) atoms. The first kappa shape index (κ1) is 15.7. The summed E-state index contributed by atoms with van der Waals surface area (Å²) in [7, 11) is 0. The third-order valence-corrected chi connectivity index (χ3v) is 4.21. The molecule has 0 bridgehead atoms. The Morgan fingerprint density at radius 1 is 1.30 bits per heavy atom. The average molecular weight is 313 g/mol. The van der Waals surface area contributed by atoms with Crippen LogP contribution in [-0.2, 0) is 0 Å². The Hall–Kier alpha value is -2.14. The van der Waals surface area contributed by atoms with Gasteiger partial charge in [0, 0.05) is 24.8 Å². The molecule has 2 aromatic rings. The predicted molar refractivity (Wildman–Crippen MR) is 89.1 cm³/mol. The molecule has 2 N–H and O–H groups in total. The smallest absolute Gasteiger partial charge is 0.272 e. The second-order valence-electron chi connectivity index (χ2n) is 6.19. The van der Waals surface area contributed by atoms with Crippen molar-refractivity contribution in [3.05, 3.63) is 41.6 Å². The normalized spacial score (nSPS) is 14.0. The van der Waals surface area contributed by atoms with Gasteiger partial charge in [-0.25, -0.2) is 0 Å². The van der Waals surface area contributed by atoms with Crippen molar-refractivity contribution in [1.82, 2.24) is 15.1 Å². The third-order valence-electron chi connectivity index (χ3n) is 4.21. The van der Waals surface area contributed by atoms with Crippen molar-refractivity contribution < 1.29 is 9.90 Å². The topological polar surface area (TPSA) is 69.2 Å². The minimum atomic E-state index is 0.0105. The highest BCUT2D eigenvalue weighted by Crippen LogP contribution is 2.29. The van der Waals surface area contributed by atoms with Crippen LogP contribution in [0.3, 0.4) is 0 Å². The van der Waals surface area contributed by atoms with Gasteiger partial charge in [0.15, 0.2) is 0 Å². The van der Waals surface area contributed by atoms with Crippen molar-refractivity contribution in [2.45, 2.75) is 38.6 Å². The monoisotopic (exact) mass is 313 g/mol. The Balaban J connectivity index is 1.72. The lowest BCUT2D eigenvalue weighted by Crippen LogP contribution is -2.34. The van der Waals surface area contributed by atoms with Gasteiger partial charge in [-0.1, -0.05) is 29.8 Å². The minimum absolute atomic E-state index is 0.0105. The Morgan fingerprint density at radius 2 is 2.04 bits per heavy atom. The number of aliphatic hydroxyl groups excluding tert-OH is 1. The zero-order chi connectivity index (χ0) is 16.2. The second kappa shape index (κ2) is 6.96. The molecule has 0 aliphatic heterocycles. The maximum atomic E-state index is 12.7. The molecule has 1 heterocycles. The van der Waals surface area contributed by atoms with Crippen molar-refractivity contribution in [2.75, 3.05) is 13.2 Å². The van der Waals surface area contributed by atoms with Gasteiger partial charge in [-0.3, -0.25) is 9.89 Å². The molecule has 0 spiro atoms. The fraction of sp³-hybridized carbons (Fsp3) is 0.444. The van der Waals surface area contributed by atoms with Gasteiger partial charge in [0.1, 0.15) is 5.69 Å². The number of aliphatic hydroxyl groups is 1. The van der Waals surface area contributed by atoms with E-state index < -0.39 is 0 Å². The molecule has 1 fully saturated rings. The van der Waals surface area contributed by atoms with E-state index in [1.807, 2.05) is 42.2 Å². The van der Waals surface area contributed by atoms with Crippen molar-refractivity contribution in [1.29, 1.82) is 0 Å². The lowest BCUT2D eigenvalue weighted by Gasteiger charge is -2.21. The first-order valence-corrected chi connectivity index (χ1v) is 8.23. The summed E-state index contributed by atoms with van der Waals surface area (Å²) in [6, 6.07) is 10.3. The van der Waals surface area contributed by atoms with Gasteiger partial charge in [-0.05, 0) is 38.7 Å². The van der Waals surface area contributed by atoms with Gasteiger partial charge in [0.25, 0.3) is 5.91 Å². The number of aromatic amines is 1. The maximum absolute atomic E-state index is 12.7. The molecule has 1 aliphatic rings. The number of amides is 1. The molecule has 5 heteroatoms. The van der Waals surface area contributed by atoms with Crippen molar-refractivity contribution in [2.24, 2.45) is 0 Å². The number of benzene rings is 1. The third kappa shape index (κ3) is 3.79. The number of nitrogens with one attached hydrogen (secondary N) is 1. The van der Waals surface area contributed by atoms with Crippen molar-refractivity contribution in [3.8, 4) is 11.3 Å². The molecule has 0 atom stereocenters. The first-order chi connectivity index (χ1) is 11.2. The number of rotatable bonds is 7. The van der Waals surface area contributed by atoms with Crippen LogP contribution < -0.4 is 0 Å². The second-order valence-corrected chi connectivity index (χ2v) is 6.19. The molecule has 3 rings (SSSR count). The summed E-state index contributed by atoms with van der Waals surface area (Å²) in [6.45, 7) is 2.92. The number of carbonyl (C=O) groups is 1. The Morgan fingerprint density at radius 3 is 2.70 bits per heavy atom. The van der Waals surface area contributed by atoms with Gasteiger partial charge >= 0.3 is 0 Å². The fourth-order valence-electron chi connectivity index (χ4n) is 2.69. The number of carbonyl (C=O) groups excluding carboxylic acids is 1. The largest absolute Gasteiger partial charge is 0.396 e. The van der Waals surface area contributed by atoms with Crippen LogP contribution in [0.15, 0.2) is 30.3 Å². The minimum Gasteiger partial charge on any atom is -0.396 e. The summed E-state index contributed by atoms with van der Waals surface area (Å²) < 4.78 is 0. The van der Waals surface area contributed by atoms with Crippen LogP contribution in [0, 0.1) is 6.92 Å². The molecule has 0 unspecified atom stereocenters. The van der Waals surface area contributed by atoms with Crippen LogP contribution in [0.5, 0.6) is 0 Å². The van der Waals surface area contributed by atoms with Crippen LogP contribution in [0.25, 0.3) is 11.3 Å². The van der Waals surface area contributed by atoms with Crippen LogP contribution in [0.1, 0.15) is 41.7 Å².